The summed E-state index contributed by atoms with van der Waals surface area (Å²) in [4.78, 5) is 26.2. The van der Waals surface area contributed by atoms with Crippen LogP contribution in [-0.2, 0) is 25.9 Å². The second kappa shape index (κ2) is 7.95. The number of aromatic nitrogens is 2. The quantitative estimate of drug-likeness (QED) is 0.694. The van der Waals surface area contributed by atoms with Crippen molar-refractivity contribution >= 4 is 11.9 Å². The summed E-state index contributed by atoms with van der Waals surface area (Å²) < 4.78 is 7.05. The Balaban J connectivity index is 1.52. The first-order valence-corrected chi connectivity index (χ1v) is 9.73. The molecule has 0 saturated carbocycles. The second-order valence-electron chi connectivity index (χ2n) is 7.26. The van der Waals surface area contributed by atoms with E-state index in [-0.39, 0.29) is 18.1 Å². The molecule has 29 heavy (non-hydrogen) atoms. The molecule has 7 nitrogen and oxygen atoms in total. The van der Waals surface area contributed by atoms with Gasteiger partial charge in [-0.15, -0.1) is 0 Å². The van der Waals surface area contributed by atoms with E-state index < -0.39 is 5.97 Å². The average Bonchev–Trinajstić information content (AvgIpc) is 3.31. The van der Waals surface area contributed by atoms with Gasteiger partial charge in [0.2, 0.25) is 0 Å². The highest BCUT2D eigenvalue weighted by Crippen LogP contribution is 2.25. The van der Waals surface area contributed by atoms with Crippen LogP contribution in [0.1, 0.15) is 49.8 Å². The smallest absolute Gasteiger partial charge is 0.356 e. The zero-order chi connectivity index (χ0) is 20.4. The molecular weight excluding hydrogens is 370 g/mol. The zero-order valence-electron chi connectivity index (χ0n) is 16.3. The third-order valence-electron chi connectivity index (χ3n) is 5.39. The van der Waals surface area contributed by atoms with Crippen molar-refractivity contribution in [3.8, 4) is 0 Å². The summed E-state index contributed by atoms with van der Waals surface area (Å²) in [6, 6.07) is 11.8. The summed E-state index contributed by atoms with van der Waals surface area (Å²) in [7, 11) is 0. The Kier molecular flexibility index (Phi) is 5.20. The number of amides is 1. The third-order valence-corrected chi connectivity index (χ3v) is 5.39. The molecule has 0 radical (unpaired) electrons. The maximum absolute atomic E-state index is 12.8. The highest BCUT2D eigenvalue weighted by Gasteiger charge is 2.31. The molecule has 0 spiro atoms. The average molecular weight is 393 g/mol. The Labute approximate surface area is 168 Å². The van der Waals surface area contributed by atoms with Crippen LogP contribution in [0.3, 0.4) is 0 Å². The number of carbonyl (C=O) groups is 2. The molecule has 150 valence electrons. The number of rotatable bonds is 6. The molecule has 0 atom stereocenters. The number of carbonyl (C=O) groups excluding carboxylic acids is 1. The number of carboxylic acids is 1. The van der Waals surface area contributed by atoms with E-state index in [2.05, 4.69) is 17.2 Å². The van der Waals surface area contributed by atoms with Gasteiger partial charge in [-0.1, -0.05) is 30.3 Å². The minimum absolute atomic E-state index is 0.0427. The minimum atomic E-state index is -1.06. The molecule has 0 aliphatic carbocycles. The van der Waals surface area contributed by atoms with Crippen LogP contribution in [0, 0.1) is 6.92 Å². The summed E-state index contributed by atoms with van der Waals surface area (Å²) in [5.41, 5.74) is 3.36. The molecule has 1 aliphatic rings. The highest BCUT2D eigenvalue weighted by molar-refractivity contribution is 5.95. The van der Waals surface area contributed by atoms with Gasteiger partial charge in [-0.25, -0.2) is 4.79 Å². The largest absolute Gasteiger partial charge is 0.476 e. The molecule has 1 amide bonds. The number of carboxylic acid groups (broad SMARTS) is 1. The van der Waals surface area contributed by atoms with E-state index in [4.69, 9.17) is 4.42 Å². The predicted molar refractivity (Wildman–Crippen MR) is 106 cm³/mol. The molecule has 1 aromatic carbocycles. The van der Waals surface area contributed by atoms with Crippen molar-refractivity contribution in [2.75, 3.05) is 6.54 Å². The Morgan fingerprint density at radius 2 is 2.00 bits per heavy atom. The Morgan fingerprint density at radius 1 is 1.21 bits per heavy atom. The first-order valence-electron chi connectivity index (χ1n) is 9.73. The standard InChI is InChI=1S/C22H23N3O4/c1-15-17(10-13-29-15)21(26)24-12-9-19-18(14-24)20(22(27)28)23-25(19)11-5-8-16-6-3-2-4-7-16/h2-4,6-7,10,13H,5,8-9,11-12,14H2,1H3,(H,27,28). The molecule has 3 heterocycles. The van der Waals surface area contributed by atoms with Crippen molar-refractivity contribution in [3.05, 3.63) is 76.5 Å². The van der Waals surface area contributed by atoms with Gasteiger partial charge in [0, 0.05) is 30.8 Å². The van der Waals surface area contributed by atoms with Crippen LogP contribution in [0.4, 0.5) is 0 Å². The Hall–Kier alpha value is -3.35. The number of fused-ring (bicyclic) bond motifs is 1. The van der Waals surface area contributed by atoms with Crippen LogP contribution in [-0.4, -0.2) is 38.2 Å². The van der Waals surface area contributed by atoms with E-state index in [1.165, 1.54) is 11.8 Å². The Bertz CT molecular complexity index is 1040. The van der Waals surface area contributed by atoms with Gasteiger partial charge in [-0.3, -0.25) is 9.48 Å². The SMILES string of the molecule is Cc1occc1C(=O)N1CCc2c(c(C(=O)O)nn2CCCc2ccccc2)C1. The van der Waals surface area contributed by atoms with Crippen LogP contribution in [0.5, 0.6) is 0 Å². The van der Waals surface area contributed by atoms with E-state index in [0.29, 0.717) is 36.4 Å². The van der Waals surface area contributed by atoms with Crippen LogP contribution in [0.25, 0.3) is 0 Å². The number of aryl methyl sites for hydroxylation is 3. The third kappa shape index (κ3) is 3.81. The number of hydrogen-bond acceptors (Lipinski definition) is 4. The lowest BCUT2D eigenvalue weighted by Crippen LogP contribution is -2.36. The highest BCUT2D eigenvalue weighted by atomic mass is 16.4. The normalized spacial score (nSPS) is 13.3. The first kappa shape index (κ1) is 19.0. The molecule has 0 fully saturated rings. The lowest BCUT2D eigenvalue weighted by Gasteiger charge is -2.27. The number of furan rings is 1. The molecule has 4 rings (SSSR count). The topological polar surface area (TPSA) is 88.6 Å². The van der Waals surface area contributed by atoms with Crippen LogP contribution in [0.15, 0.2) is 47.1 Å². The van der Waals surface area contributed by atoms with Gasteiger partial charge >= 0.3 is 5.97 Å². The molecule has 0 unspecified atom stereocenters. The molecular formula is C22H23N3O4. The molecule has 1 N–H and O–H groups in total. The van der Waals surface area contributed by atoms with Crippen molar-refractivity contribution in [1.82, 2.24) is 14.7 Å². The maximum atomic E-state index is 12.8. The predicted octanol–water partition coefficient (Wildman–Crippen LogP) is 3.31. The van der Waals surface area contributed by atoms with E-state index >= 15 is 0 Å². The summed E-state index contributed by atoms with van der Waals surface area (Å²) in [5.74, 6) is -0.636. The summed E-state index contributed by atoms with van der Waals surface area (Å²) in [5, 5.41) is 14.0. The van der Waals surface area contributed by atoms with Gasteiger partial charge in [0.15, 0.2) is 5.69 Å². The van der Waals surface area contributed by atoms with Crippen molar-refractivity contribution in [2.24, 2.45) is 0 Å². The van der Waals surface area contributed by atoms with Gasteiger partial charge in [-0.05, 0) is 31.4 Å². The monoisotopic (exact) mass is 393 g/mol. The molecule has 7 heteroatoms. The van der Waals surface area contributed by atoms with Gasteiger partial charge in [0.1, 0.15) is 5.76 Å². The minimum Gasteiger partial charge on any atom is -0.476 e. The van der Waals surface area contributed by atoms with Gasteiger partial charge < -0.3 is 14.4 Å². The molecule has 0 bridgehead atoms. The van der Waals surface area contributed by atoms with Crippen molar-refractivity contribution < 1.29 is 19.1 Å². The van der Waals surface area contributed by atoms with E-state index in [0.717, 1.165) is 18.5 Å². The van der Waals surface area contributed by atoms with Crippen molar-refractivity contribution in [2.45, 2.75) is 39.3 Å². The van der Waals surface area contributed by atoms with Gasteiger partial charge in [-0.2, -0.15) is 5.10 Å². The number of nitrogens with zero attached hydrogens (tertiary/aromatic N) is 3. The van der Waals surface area contributed by atoms with Crippen LogP contribution < -0.4 is 0 Å². The van der Waals surface area contributed by atoms with Crippen LogP contribution in [0.2, 0.25) is 0 Å². The number of benzene rings is 1. The fraction of sp³-hybridized carbons (Fsp3) is 0.318. The fourth-order valence-electron chi connectivity index (χ4n) is 3.88. The fourth-order valence-corrected chi connectivity index (χ4v) is 3.88. The van der Waals surface area contributed by atoms with Gasteiger partial charge in [0.25, 0.3) is 5.91 Å². The number of hydrogen-bond donors (Lipinski definition) is 1. The summed E-state index contributed by atoms with van der Waals surface area (Å²) in [6.07, 6.45) is 3.85. The molecule has 1 aliphatic heterocycles. The van der Waals surface area contributed by atoms with E-state index in [1.807, 2.05) is 22.9 Å². The maximum Gasteiger partial charge on any atom is 0.356 e. The van der Waals surface area contributed by atoms with Gasteiger partial charge in [0.05, 0.1) is 18.4 Å². The molecule has 0 saturated heterocycles. The van der Waals surface area contributed by atoms with Crippen LogP contribution >= 0.6 is 0 Å². The van der Waals surface area contributed by atoms with Crippen molar-refractivity contribution in [1.29, 1.82) is 0 Å². The first-order chi connectivity index (χ1) is 14.0. The zero-order valence-corrected chi connectivity index (χ0v) is 16.3. The van der Waals surface area contributed by atoms with E-state index in [9.17, 15) is 14.7 Å². The Morgan fingerprint density at radius 3 is 2.69 bits per heavy atom. The van der Waals surface area contributed by atoms with E-state index in [1.54, 1.807) is 17.9 Å². The lowest BCUT2D eigenvalue weighted by atomic mass is 10.0. The molecule has 2 aromatic heterocycles. The molecule has 3 aromatic rings. The second-order valence-corrected chi connectivity index (χ2v) is 7.26. The summed E-state index contributed by atoms with van der Waals surface area (Å²) >= 11 is 0. The summed E-state index contributed by atoms with van der Waals surface area (Å²) in [6.45, 7) is 3.17. The lowest BCUT2D eigenvalue weighted by molar-refractivity contribution is 0.0673. The number of aromatic carboxylic acids is 1. The van der Waals surface area contributed by atoms with Crippen molar-refractivity contribution in [3.63, 3.8) is 0 Å².